The van der Waals surface area contributed by atoms with Crippen LogP contribution >= 0.6 is 0 Å². The van der Waals surface area contributed by atoms with Crippen LogP contribution in [0.4, 0.5) is 4.39 Å². The predicted molar refractivity (Wildman–Crippen MR) is 145 cm³/mol. The number of rotatable bonds is 11. The maximum atomic E-state index is 13.5. The van der Waals surface area contributed by atoms with E-state index in [9.17, 15) is 9.65 Å². The fraction of sp³-hybridized carbons (Fsp3) is 0.483. The fourth-order valence-electron chi connectivity index (χ4n) is 4.43. The Balaban J connectivity index is 1.81. The number of allylic oxidation sites excluding steroid dienone is 1. The van der Waals surface area contributed by atoms with E-state index in [2.05, 4.69) is 53.2 Å². The molecule has 2 aromatic rings. The Morgan fingerprint density at radius 1 is 1.36 bits per heavy atom. The third-order valence-corrected chi connectivity index (χ3v) is 6.78. The van der Waals surface area contributed by atoms with E-state index < -0.39 is 6.17 Å². The minimum atomic E-state index is -0.681. The van der Waals surface area contributed by atoms with Gasteiger partial charge in [-0.2, -0.15) is 5.26 Å². The van der Waals surface area contributed by atoms with Crippen molar-refractivity contribution < 1.29 is 4.39 Å². The van der Waals surface area contributed by atoms with Crippen LogP contribution in [0.3, 0.4) is 0 Å². The highest BCUT2D eigenvalue weighted by Crippen LogP contribution is 2.23. The molecule has 1 aromatic heterocycles. The molecule has 1 aliphatic heterocycles. The lowest BCUT2D eigenvalue weighted by molar-refractivity contribution is 0.144. The lowest BCUT2D eigenvalue weighted by Crippen LogP contribution is -2.33. The molecular formula is C29H39FN6. The number of nitriles is 1. The van der Waals surface area contributed by atoms with Gasteiger partial charge in [-0.25, -0.2) is 9.37 Å². The average molecular weight is 491 g/mol. The molecule has 36 heavy (non-hydrogen) atoms. The van der Waals surface area contributed by atoms with Crippen LogP contribution in [0.25, 0.3) is 5.70 Å². The minimum absolute atomic E-state index is 0.457. The second-order valence-electron chi connectivity index (χ2n) is 9.71. The number of nitrogens with two attached hydrogens (primary N) is 1. The Morgan fingerprint density at radius 2 is 2.11 bits per heavy atom. The standard InChI is InChI=1S/C29H39FN6/c1-5-21(2)14-25(8-11-31)17-33-22(3)29-7-6-24(16-32)15-26(29)18-36-20-28(34-23(36)4)19-35-12-9-27(30)10-13-35/h6-7,14-15,17,20-21,27H,3,5,8-13,18-19,31H2,1-2,4H3/b25-14-,33-17?. The normalized spacial score (nSPS) is 16.4. The minimum Gasteiger partial charge on any atom is -0.330 e. The molecule has 0 bridgehead atoms. The van der Waals surface area contributed by atoms with Gasteiger partial charge >= 0.3 is 0 Å². The van der Waals surface area contributed by atoms with Gasteiger partial charge in [0, 0.05) is 44.2 Å². The van der Waals surface area contributed by atoms with Gasteiger partial charge in [0.1, 0.15) is 12.0 Å². The highest BCUT2D eigenvalue weighted by molar-refractivity contribution is 5.84. The molecule has 2 heterocycles. The molecule has 0 amide bonds. The van der Waals surface area contributed by atoms with Crippen molar-refractivity contribution in [3.63, 3.8) is 0 Å². The lowest BCUT2D eigenvalue weighted by Gasteiger charge is -2.27. The number of piperidine rings is 1. The van der Waals surface area contributed by atoms with E-state index in [-0.39, 0.29) is 0 Å². The zero-order valence-corrected chi connectivity index (χ0v) is 21.9. The number of alkyl halides is 1. The number of benzene rings is 1. The van der Waals surface area contributed by atoms with Gasteiger partial charge in [-0.1, -0.05) is 39.0 Å². The first-order valence-corrected chi connectivity index (χ1v) is 12.9. The van der Waals surface area contributed by atoms with Crippen LogP contribution < -0.4 is 5.73 Å². The van der Waals surface area contributed by atoms with Crippen molar-refractivity contribution in [3.8, 4) is 6.07 Å². The summed E-state index contributed by atoms with van der Waals surface area (Å²) in [6, 6.07) is 7.86. The van der Waals surface area contributed by atoms with Gasteiger partial charge in [-0.05, 0) is 61.9 Å². The summed E-state index contributed by atoms with van der Waals surface area (Å²) < 4.78 is 15.6. The highest BCUT2D eigenvalue weighted by Gasteiger charge is 2.19. The molecule has 1 atom stereocenters. The molecular weight excluding hydrogens is 451 g/mol. The van der Waals surface area contributed by atoms with Crippen molar-refractivity contribution in [2.75, 3.05) is 19.6 Å². The van der Waals surface area contributed by atoms with E-state index in [0.29, 0.717) is 43.1 Å². The third-order valence-electron chi connectivity index (χ3n) is 6.78. The van der Waals surface area contributed by atoms with E-state index in [1.807, 2.05) is 25.3 Å². The summed E-state index contributed by atoms with van der Waals surface area (Å²) in [5.74, 6) is 1.35. The van der Waals surface area contributed by atoms with Gasteiger partial charge in [-0.3, -0.25) is 9.89 Å². The quantitative estimate of drug-likeness (QED) is 0.427. The largest absolute Gasteiger partial charge is 0.330 e. The number of hydrogen-bond donors (Lipinski definition) is 1. The topological polar surface area (TPSA) is 83.2 Å². The van der Waals surface area contributed by atoms with Crippen molar-refractivity contribution in [2.45, 2.75) is 65.7 Å². The predicted octanol–water partition coefficient (Wildman–Crippen LogP) is 5.41. The van der Waals surface area contributed by atoms with E-state index >= 15 is 0 Å². The second-order valence-corrected chi connectivity index (χ2v) is 9.71. The molecule has 3 rings (SSSR count). The molecule has 1 aromatic carbocycles. The van der Waals surface area contributed by atoms with Crippen LogP contribution in [-0.4, -0.2) is 46.5 Å². The van der Waals surface area contributed by atoms with Crippen molar-refractivity contribution in [1.29, 1.82) is 5.26 Å². The second kappa shape index (κ2) is 13.3. The van der Waals surface area contributed by atoms with Gasteiger partial charge in [0.05, 0.1) is 23.0 Å². The van der Waals surface area contributed by atoms with Crippen LogP contribution in [0.5, 0.6) is 0 Å². The molecule has 7 heteroatoms. The van der Waals surface area contributed by atoms with Crippen LogP contribution in [0.2, 0.25) is 0 Å². The zero-order valence-electron chi connectivity index (χ0n) is 21.9. The third kappa shape index (κ3) is 7.71. The van der Waals surface area contributed by atoms with Crippen molar-refractivity contribution in [1.82, 2.24) is 14.5 Å². The first-order valence-electron chi connectivity index (χ1n) is 12.9. The number of hydrogen-bond acceptors (Lipinski definition) is 5. The first kappa shape index (κ1) is 27.5. The van der Waals surface area contributed by atoms with Crippen LogP contribution in [0, 0.1) is 24.2 Å². The summed E-state index contributed by atoms with van der Waals surface area (Å²) in [6.07, 6.45) is 8.46. The van der Waals surface area contributed by atoms with Gasteiger partial charge in [0.2, 0.25) is 0 Å². The van der Waals surface area contributed by atoms with E-state index in [0.717, 1.165) is 60.7 Å². The summed E-state index contributed by atoms with van der Waals surface area (Å²) in [6.45, 7) is 13.9. The van der Waals surface area contributed by atoms with Gasteiger partial charge in [0.15, 0.2) is 0 Å². The Hall–Kier alpha value is -3.08. The number of aryl methyl sites for hydroxylation is 1. The Bertz CT molecular complexity index is 1130. The summed E-state index contributed by atoms with van der Waals surface area (Å²) in [5, 5.41) is 9.49. The first-order chi connectivity index (χ1) is 17.3. The van der Waals surface area contributed by atoms with Gasteiger partial charge < -0.3 is 10.3 Å². The number of nitrogens with zero attached hydrogens (tertiary/aromatic N) is 5. The Kier molecular flexibility index (Phi) is 10.2. The number of halogens is 1. The molecule has 0 radical (unpaired) electrons. The number of aromatic nitrogens is 2. The molecule has 6 nitrogen and oxygen atoms in total. The maximum absolute atomic E-state index is 13.5. The molecule has 0 saturated carbocycles. The molecule has 1 saturated heterocycles. The van der Waals surface area contributed by atoms with Crippen LogP contribution in [-0.2, 0) is 13.1 Å². The van der Waals surface area contributed by atoms with Crippen LogP contribution in [0.15, 0.2) is 47.6 Å². The summed E-state index contributed by atoms with van der Waals surface area (Å²) in [4.78, 5) is 11.7. The van der Waals surface area contributed by atoms with E-state index in [4.69, 9.17) is 10.7 Å². The van der Waals surface area contributed by atoms with Gasteiger partial charge in [0.25, 0.3) is 0 Å². The van der Waals surface area contributed by atoms with Crippen LogP contribution in [0.1, 0.15) is 67.7 Å². The van der Waals surface area contributed by atoms with E-state index in [1.165, 1.54) is 0 Å². The molecule has 1 unspecified atom stereocenters. The highest BCUT2D eigenvalue weighted by atomic mass is 19.1. The monoisotopic (exact) mass is 490 g/mol. The molecule has 1 fully saturated rings. The fourth-order valence-corrected chi connectivity index (χ4v) is 4.43. The number of aliphatic imine (C=N–C) groups is 1. The lowest BCUT2D eigenvalue weighted by atomic mass is 10.0. The van der Waals surface area contributed by atoms with Crippen molar-refractivity contribution in [2.24, 2.45) is 16.6 Å². The Labute approximate surface area is 215 Å². The zero-order chi connectivity index (χ0) is 26.1. The molecule has 2 N–H and O–H groups in total. The Morgan fingerprint density at radius 3 is 2.78 bits per heavy atom. The number of imidazole rings is 1. The molecule has 192 valence electrons. The average Bonchev–Trinajstić information content (AvgIpc) is 3.21. The maximum Gasteiger partial charge on any atom is 0.106 e. The molecule has 1 aliphatic rings. The summed E-state index contributed by atoms with van der Waals surface area (Å²) >= 11 is 0. The number of likely N-dealkylation sites (tertiary alicyclic amines) is 1. The molecule has 0 spiro atoms. The van der Waals surface area contributed by atoms with E-state index in [1.54, 1.807) is 6.07 Å². The summed E-state index contributed by atoms with van der Waals surface area (Å²) in [7, 11) is 0. The molecule has 0 aliphatic carbocycles. The van der Waals surface area contributed by atoms with Crippen molar-refractivity contribution in [3.05, 3.63) is 70.8 Å². The smallest absolute Gasteiger partial charge is 0.106 e. The SMILES string of the molecule is C=C(N=C/C(=C\C(C)CC)CCN)c1ccc(C#N)cc1Cn1cc(CN2CCC(F)CC2)nc1C. The van der Waals surface area contributed by atoms with Gasteiger partial charge in [-0.15, -0.1) is 0 Å². The summed E-state index contributed by atoms with van der Waals surface area (Å²) in [5.41, 5.74) is 11.0. The van der Waals surface area contributed by atoms with Crippen molar-refractivity contribution >= 4 is 11.9 Å².